The van der Waals surface area contributed by atoms with Crippen LogP contribution in [0.5, 0.6) is 0 Å². The van der Waals surface area contributed by atoms with Crippen molar-refractivity contribution in [3.8, 4) is 0 Å². The Labute approximate surface area is 110 Å². The molecule has 5 nitrogen and oxygen atoms in total. The summed E-state index contributed by atoms with van der Waals surface area (Å²) in [7, 11) is 1.55. The summed E-state index contributed by atoms with van der Waals surface area (Å²) in [6.07, 6.45) is -3.51. The molecule has 8 heteroatoms. The molecule has 1 heterocycles. The third-order valence-electron chi connectivity index (χ3n) is 3.10. The monoisotopic (exact) mass is 283 g/mol. The van der Waals surface area contributed by atoms with Gasteiger partial charge in [-0.2, -0.15) is 13.2 Å². The second-order valence-electron chi connectivity index (χ2n) is 4.84. The molecule has 2 N–H and O–H groups in total. The summed E-state index contributed by atoms with van der Waals surface area (Å²) in [6.45, 7) is 0.351. The van der Waals surface area contributed by atoms with Gasteiger partial charge in [-0.05, 0) is 18.9 Å². The molecule has 1 fully saturated rings. The Morgan fingerprint density at radius 2 is 2.21 bits per heavy atom. The summed E-state index contributed by atoms with van der Waals surface area (Å²) >= 11 is 0. The molecule has 2 amide bonds. The quantitative estimate of drug-likeness (QED) is 0.773. The lowest BCUT2D eigenvalue weighted by Gasteiger charge is -2.20. The van der Waals surface area contributed by atoms with Gasteiger partial charge in [0.25, 0.3) is 0 Å². The Kier molecular flexibility index (Phi) is 5.86. The Hall–Kier alpha value is -1.02. The van der Waals surface area contributed by atoms with Crippen molar-refractivity contribution < 1.29 is 23.1 Å². The molecule has 0 aromatic heterocycles. The number of nitrogens with one attached hydrogen (secondary N) is 1. The first-order valence-corrected chi connectivity index (χ1v) is 6.20. The number of urea groups is 1. The summed E-state index contributed by atoms with van der Waals surface area (Å²) < 4.78 is 36.6. The van der Waals surface area contributed by atoms with E-state index < -0.39 is 12.7 Å². The van der Waals surface area contributed by atoms with Crippen molar-refractivity contribution in [2.45, 2.75) is 12.6 Å². The smallest absolute Gasteiger partial charge is 0.395 e. The maximum absolute atomic E-state index is 12.2. The normalized spacial score (nSPS) is 20.6. The van der Waals surface area contributed by atoms with Gasteiger partial charge in [0, 0.05) is 26.7 Å². The number of aliphatic hydroxyl groups is 1. The largest absolute Gasteiger partial charge is 0.401 e. The molecular weight excluding hydrogens is 263 g/mol. The third-order valence-corrected chi connectivity index (χ3v) is 3.10. The molecule has 1 unspecified atom stereocenters. The SMILES string of the molecule is CN(CCO)C(=O)NCC1CCN(CC(F)(F)F)C1. The van der Waals surface area contributed by atoms with Crippen LogP contribution in [0.4, 0.5) is 18.0 Å². The van der Waals surface area contributed by atoms with Gasteiger partial charge in [-0.1, -0.05) is 0 Å². The average Bonchev–Trinajstić information content (AvgIpc) is 2.71. The lowest BCUT2D eigenvalue weighted by molar-refractivity contribution is -0.143. The maximum atomic E-state index is 12.2. The molecule has 0 spiro atoms. The van der Waals surface area contributed by atoms with Crippen molar-refractivity contribution in [1.82, 2.24) is 15.1 Å². The first-order valence-electron chi connectivity index (χ1n) is 6.20. The first kappa shape index (κ1) is 16.0. The molecule has 1 aliphatic heterocycles. The van der Waals surface area contributed by atoms with Crippen LogP contribution in [0, 0.1) is 5.92 Å². The molecule has 1 atom stereocenters. The highest BCUT2D eigenvalue weighted by molar-refractivity contribution is 5.73. The Bertz CT molecular complexity index is 299. The van der Waals surface area contributed by atoms with Crippen LogP contribution in [-0.4, -0.2) is 73.5 Å². The van der Waals surface area contributed by atoms with Gasteiger partial charge in [-0.15, -0.1) is 0 Å². The zero-order chi connectivity index (χ0) is 14.5. The Morgan fingerprint density at radius 3 is 2.79 bits per heavy atom. The van der Waals surface area contributed by atoms with Crippen LogP contribution in [-0.2, 0) is 0 Å². The molecule has 1 rings (SSSR count). The van der Waals surface area contributed by atoms with Crippen molar-refractivity contribution in [1.29, 1.82) is 0 Å². The van der Waals surface area contributed by atoms with E-state index in [2.05, 4.69) is 5.32 Å². The molecule has 112 valence electrons. The van der Waals surface area contributed by atoms with Crippen LogP contribution in [0.2, 0.25) is 0 Å². The summed E-state index contributed by atoms with van der Waals surface area (Å²) in [5.74, 6) is 0.0498. The molecule has 0 bridgehead atoms. The molecular formula is C11H20F3N3O2. The van der Waals surface area contributed by atoms with Crippen LogP contribution in [0.1, 0.15) is 6.42 Å². The fourth-order valence-corrected chi connectivity index (χ4v) is 2.09. The zero-order valence-electron chi connectivity index (χ0n) is 10.9. The summed E-state index contributed by atoms with van der Waals surface area (Å²) in [6, 6.07) is -0.316. The molecule has 1 aliphatic rings. The third kappa shape index (κ3) is 6.11. The van der Waals surface area contributed by atoms with Crippen molar-refractivity contribution >= 4 is 6.03 Å². The number of nitrogens with zero attached hydrogens (tertiary/aromatic N) is 2. The minimum absolute atomic E-state index is 0.0498. The predicted molar refractivity (Wildman–Crippen MR) is 63.7 cm³/mol. The van der Waals surface area contributed by atoms with Gasteiger partial charge in [0.2, 0.25) is 0 Å². The minimum Gasteiger partial charge on any atom is -0.395 e. The second-order valence-corrected chi connectivity index (χ2v) is 4.84. The predicted octanol–water partition coefficient (Wildman–Crippen LogP) is 0.504. The molecule has 0 aromatic carbocycles. The van der Waals surface area contributed by atoms with E-state index >= 15 is 0 Å². The van der Waals surface area contributed by atoms with Gasteiger partial charge in [0.15, 0.2) is 0 Å². The molecule has 1 saturated heterocycles. The van der Waals surface area contributed by atoms with Gasteiger partial charge in [0.1, 0.15) is 0 Å². The topological polar surface area (TPSA) is 55.8 Å². The minimum atomic E-state index is -4.17. The van der Waals surface area contributed by atoms with Crippen molar-refractivity contribution in [3.05, 3.63) is 0 Å². The summed E-state index contributed by atoms with van der Waals surface area (Å²) in [5, 5.41) is 11.3. The fraction of sp³-hybridized carbons (Fsp3) is 0.909. The van der Waals surface area contributed by atoms with E-state index in [-0.39, 0.29) is 25.1 Å². The number of carbonyl (C=O) groups excluding carboxylic acids is 1. The van der Waals surface area contributed by atoms with E-state index in [0.717, 1.165) is 0 Å². The van der Waals surface area contributed by atoms with Crippen molar-refractivity contribution in [2.75, 3.05) is 46.4 Å². The van der Waals surface area contributed by atoms with Crippen LogP contribution in [0.15, 0.2) is 0 Å². The standard InChI is InChI=1S/C11H20F3N3O2/c1-16(4-5-18)10(19)15-6-9-2-3-17(7-9)8-11(12,13)14/h9,18H,2-8H2,1H3,(H,15,19). The number of alkyl halides is 3. The van der Waals surface area contributed by atoms with Gasteiger partial charge >= 0.3 is 12.2 Å². The molecule has 0 aliphatic carbocycles. The number of aliphatic hydroxyl groups excluding tert-OH is 1. The average molecular weight is 283 g/mol. The van der Waals surface area contributed by atoms with Crippen molar-refractivity contribution in [2.24, 2.45) is 5.92 Å². The lowest BCUT2D eigenvalue weighted by atomic mass is 10.1. The zero-order valence-corrected chi connectivity index (χ0v) is 10.9. The fourth-order valence-electron chi connectivity index (χ4n) is 2.09. The molecule has 0 radical (unpaired) electrons. The second kappa shape index (κ2) is 6.95. The molecule has 19 heavy (non-hydrogen) atoms. The Morgan fingerprint density at radius 1 is 1.53 bits per heavy atom. The van der Waals surface area contributed by atoms with E-state index in [0.29, 0.717) is 26.1 Å². The number of likely N-dealkylation sites (N-methyl/N-ethyl adjacent to an activating group) is 1. The summed E-state index contributed by atoms with van der Waals surface area (Å²) in [5.41, 5.74) is 0. The summed E-state index contributed by atoms with van der Waals surface area (Å²) in [4.78, 5) is 14.2. The van der Waals surface area contributed by atoms with Crippen LogP contribution >= 0.6 is 0 Å². The van der Waals surface area contributed by atoms with Gasteiger partial charge < -0.3 is 15.3 Å². The van der Waals surface area contributed by atoms with E-state index in [1.54, 1.807) is 7.05 Å². The number of hydrogen-bond donors (Lipinski definition) is 2. The van der Waals surface area contributed by atoms with Crippen molar-refractivity contribution in [3.63, 3.8) is 0 Å². The lowest BCUT2D eigenvalue weighted by Crippen LogP contribution is -2.41. The highest BCUT2D eigenvalue weighted by Gasteiger charge is 2.34. The van der Waals surface area contributed by atoms with Gasteiger partial charge in [-0.3, -0.25) is 4.90 Å². The first-order chi connectivity index (χ1) is 8.81. The van der Waals surface area contributed by atoms with Gasteiger partial charge in [-0.25, -0.2) is 4.79 Å². The van der Waals surface area contributed by atoms with E-state index in [4.69, 9.17) is 5.11 Å². The highest BCUT2D eigenvalue weighted by Crippen LogP contribution is 2.22. The number of carbonyl (C=O) groups is 1. The van der Waals surface area contributed by atoms with Crippen LogP contribution in [0.25, 0.3) is 0 Å². The van der Waals surface area contributed by atoms with Crippen LogP contribution < -0.4 is 5.32 Å². The number of likely N-dealkylation sites (tertiary alicyclic amines) is 1. The van der Waals surface area contributed by atoms with Crippen LogP contribution in [0.3, 0.4) is 0 Å². The van der Waals surface area contributed by atoms with E-state index in [1.807, 2.05) is 0 Å². The van der Waals surface area contributed by atoms with E-state index in [1.165, 1.54) is 9.80 Å². The van der Waals surface area contributed by atoms with E-state index in [9.17, 15) is 18.0 Å². The van der Waals surface area contributed by atoms with Gasteiger partial charge in [0.05, 0.1) is 13.2 Å². The maximum Gasteiger partial charge on any atom is 0.401 e. The molecule has 0 saturated carbocycles. The number of amides is 2. The molecule has 0 aromatic rings. The Balaban J connectivity index is 2.24. The number of halogens is 3. The number of rotatable bonds is 5. The highest BCUT2D eigenvalue weighted by atomic mass is 19.4. The number of hydrogen-bond acceptors (Lipinski definition) is 3.